The van der Waals surface area contributed by atoms with Crippen molar-refractivity contribution in [3.05, 3.63) is 94.5 Å². The van der Waals surface area contributed by atoms with Crippen molar-refractivity contribution in [2.45, 2.75) is 36.9 Å². The molecule has 174 valence electrons. The van der Waals surface area contributed by atoms with Crippen molar-refractivity contribution in [1.29, 1.82) is 0 Å². The third-order valence-electron chi connectivity index (χ3n) is 6.35. The lowest BCUT2D eigenvalue weighted by molar-refractivity contribution is -0.123. The van der Waals surface area contributed by atoms with Gasteiger partial charge in [0.2, 0.25) is 0 Å². The second kappa shape index (κ2) is 8.36. The van der Waals surface area contributed by atoms with Crippen molar-refractivity contribution in [3.63, 3.8) is 0 Å². The molecule has 1 N–H and O–H groups in total. The Bertz CT molecular complexity index is 1280. The number of amides is 3. The third kappa shape index (κ3) is 3.75. The van der Waals surface area contributed by atoms with Gasteiger partial charge in [0.15, 0.2) is 4.87 Å². The molecule has 1 spiro atoms. The van der Waals surface area contributed by atoms with Gasteiger partial charge in [-0.1, -0.05) is 54.1 Å². The number of nitrogens with zero attached hydrogens (tertiary/aromatic N) is 2. The summed E-state index contributed by atoms with van der Waals surface area (Å²) in [6.45, 7) is 7.03. The normalized spacial score (nSPS) is 20.6. The molecule has 0 saturated carbocycles. The molecular weight excluding hydrogens is 466 g/mol. The Balaban J connectivity index is 1.61. The third-order valence-corrected chi connectivity index (χ3v) is 8.18. The molecule has 2 heterocycles. The molecule has 3 amide bonds. The van der Waals surface area contributed by atoms with Crippen LogP contribution in [0.1, 0.15) is 30.5 Å². The lowest BCUT2D eigenvalue weighted by Gasteiger charge is -2.33. The Morgan fingerprint density at radius 1 is 1.06 bits per heavy atom. The maximum absolute atomic E-state index is 14.3. The zero-order chi connectivity index (χ0) is 24.1. The molecule has 7 heteroatoms. The molecular formula is C27H26ClN3O2S. The number of rotatable bonds is 3. The Kier molecular flexibility index (Phi) is 5.61. The fraction of sp³-hybridized carbons (Fsp3) is 0.259. The minimum absolute atomic E-state index is 0.119. The summed E-state index contributed by atoms with van der Waals surface area (Å²) in [5.41, 5.74) is 4.42. The predicted molar refractivity (Wildman–Crippen MR) is 139 cm³/mol. The number of urea groups is 1. The summed E-state index contributed by atoms with van der Waals surface area (Å²) < 4.78 is -0.331. The average molecular weight is 492 g/mol. The molecule has 0 aromatic heterocycles. The predicted octanol–water partition coefficient (Wildman–Crippen LogP) is 6.41. The highest BCUT2D eigenvalue weighted by Gasteiger charge is 2.63. The molecule has 1 atom stereocenters. The Morgan fingerprint density at radius 3 is 2.50 bits per heavy atom. The Labute approximate surface area is 209 Å². The number of aryl methyl sites for hydroxylation is 1. The number of halogens is 1. The van der Waals surface area contributed by atoms with Crippen LogP contribution in [0.5, 0.6) is 0 Å². The van der Waals surface area contributed by atoms with E-state index >= 15 is 0 Å². The van der Waals surface area contributed by atoms with Gasteiger partial charge in [-0.25, -0.2) is 4.79 Å². The molecule has 5 rings (SSSR count). The van der Waals surface area contributed by atoms with Crippen LogP contribution >= 0.6 is 23.4 Å². The highest BCUT2D eigenvalue weighted by Crippen LogP contribution is 2.60. The van der Waals surface area contributed by atoms with E-state index in [9.17, 15) is 9.59 Å². The van der Waals surface area contributed by atoms with Crippen LogP contribution in [0.25, 0.3) is 0 Å². The molecule has 0 bridgehead atoms. The minimum Gasteiger partial charge on any atom is -0.308 e. The number of hydrogen-bond donors (Lipinski definition) is 1. The van der Waals surface area contributed by atoms with Gasteiger partial charge in [0.25, 0.3) is 5.91 Å². The van der Waals surface area contributed by atoms with E-state index in [0.717, 1.165) is 22.4 Å². The second-order valence-electron chi connectivity index (χ2n) is 9.37. The first-order valence-electron chi connectivity index (χ1n) is 11.2. The standard InChI is InChI=1S/C27H26ClN3O2S/c1-18-9-7-8-10-19(18)16-30-23-14-13-20(28)15-22(23)27(24(30)32)31(17-26(2,3)34-27)25(33)29-21-11-5-4-6-12-21/h4-15H,16-17H2,1-3H3,(H,29,33)/t27-/m1/s1. The number of carbonyl (C=O) groups excluding carboxylic acids is 2. The van der Waals surface area contributed by atoms with Crippen LogP contribution in [-0.4, -0.2) is 28.1 Å². The van der Waals surface area contributed by atoms with E-state index in [1.807, 2.05) is 73.7 Å². The lowest BCUT2D eigenvalue weighted by Crippen LogP contribution is -2.51. The monoisotopic (exact) mass is 491 g/mol. The van der Waals surface area contributed by atoms with Gasteiger partial charge in [0.1, 0.15) is 0 Å². The molecule has 2 aliphatic heterocycles. The first-order valence-corrected chi connectivity index (χ1v) is 12.4. The summed E-state index contributed by atoms with van der Waals surface area (Å²) in [7, 11) is 0. The van der Waals surface area contributed by atoms with Gasteiger partial charge in [0, 0.05) is 27.6 Å². The molecule has 0 radical (unpaired) electrons. The molecule has 2 aliphatic rings. The van der Waals surface area contributed by atoms with E-state index in [2.05, 4.69) is 19.2 Å². The molecule has 34 heavy (non-hydrogen) atoms. The topological polar surface area (TPSA) is 52.7 Å². The van der Waals surface area contributed by atoms with Gasteiger partial charge < -0.3 is 10.2 Å². The second-order valence-corrected chi connectivity index (χ2v) is 11.7. The zero-order valence-electron chi connectivity index (χ0n) is 19.3. The number of benzene rings is 3. The summed E-state index contributed by atoms with van der Waals surface area (Å²) >= 11 is 7.95. The van der Waals surface area contributed by atoms with Crippen LogP contribution in [0.3, 0.4) is 0 Å². The van der Waals surface area contributed by atoms with Gasteiger partial charge in [-0.3, -0.25) is 9.69 Å². The number of nitrogens with one attached hydrogen (secondary N) is 1. The fourth-order valence-corrected chi connectivity index (χ4v) is 6.70. The van der Waals surface area contributed by atoms with Gasteiger partial charge in [0.05, 0.1) is 12.2 Å². The van der Waals surface area contributed by atoms with Crippen LogP contribution in [0.4, 0.5) is 16.2 Å². The van der Waals surface area contributed by atoms with Crippen molar-refractivity contribution in [3.8, 4) is 0 Å². The van der Waals surface area contributed by atoms with Gasteiger partial charge in [-0.05, 0) is 62.2 Å². The van der Waals surface area contributed by atoms with E-state index in [1.165, 1.54) is 11.8 Å². The number of thioether (sulfide) groups is 1. The molecule has 3 aromatic rings. The van der Waals surface area contributed by atoms with E-state index in [1.54, 1.807) is 15.9 Å². The number of anilines is 2. The highest BCUT2D eigenvalue weighted by molar-refractivity contribution is 8.02. The first kappa shape index (κ1) is 22.8. The summed E-state index contributed by atoms with van der Waals surface area (Å²) in [6.07, 6.45) is 0. The quantitative estimate of drug-likeness (QED) is 0.460. The van der Waals surface area contributed by atoms with Crippen LogP contribution in [0, 0.1) is 6.92 Å². The largest absolute Gasteiger partial charge is 0.323 e. The molecule has 0 aliphatic carbocycles. The van der Waals surface area contributed by atoms with Crippen molar-refractivity contribution >= 4 is 46.7 Å². The first-order chi connectivity index (χ1) is 16.2. The van der Waals surface area contributed by atoms with Crippen molar-refractivity contribution in [1.82, 2.24) is 4.90 Å². The zero-order valence-corrected chi connectivity index (χ0v) is 20.9. The van der Waals surface area contributed by atoms with Crippen LogP contribution in [-0.2, 0) is 16.2 Å². The van der Waals surface area contributed by atoms with Gasteiger partial charge in [-0.15, -0.1) is 11.8 Å². The summed E-state index contributed by atoms with van der Waals surface area (Å²) in [6, 6.07) is 22.6. The van der Waals surface area contributed by atoms with Gasteiger partial charge in [-0.2, -0.15) is 0 Å². The van der Waals surface area contributed by atoms with Crippen LogP contribution < -0.4 is 10.2 Å². The molecule has 1 saturated heterocycles. The highest BCUT2D eigenvalue weighted by atomic mass is 35.5. The van der Waals surface area contributed by atoms with E-state index in [4.69, 9.17) is 11.6 Å². The molecule has 3 aromatic carbocycles. The fourth-order valence-electron chi connectivity index (χ4n) is 4.80. The number of carbonyl (C=O) groups is 2. The molecule has 0 unspecified atom stereocenters. The molecule has 5 nitrogen and oxygen atoms in total. The number of hydrogen-bond acceptors (Lipinski definition) is 3. The van der Waals surface area contributed by atoms with E-state index in [0.29, 0.717) is 23.8 Å². The van der Waals surface area contributed by atoms with Crippen molar-refractivity contribution in [2.75, 3.05) is 16.8 Å². The Morgan fingerprint density at radius 2 is 1.76 bits per heavy atom. The average Bonchev–Trinajstić information content (AvgIpc) is 3.22. The van der Waals surface area contributed by atoms with Crippen LogP contribution in [0.2, 0.25) is 5.02 Å². The van der Waals surface area contributed by atoms with Crippen LogP contribution in [0.15, 0.2) is 72.8 Å². The Hall–Kier alpha value is -2.96. The summed E-state index contributed by atoms with van der Waals surface area (Å²) in [4.78, 5) is 30.2. The maximum atomic E-state index is 14.3. The maximum Gasteiger partial charge on any atom is 0.323 e. The van der Waals surface area contributed by atoms with Gasteiger partial charge >= 0.3 is 6.03 Å². The number of para-hydroxylation sites is 1. The molecule has 1 fully saturated rings. The number of fused-ring (bicyclic) bond motifs is 2. The van der Waals surface area contributed by atoms with Crippen molar-refractivity contribution < 1.29 is 9.59 Å². The summed E-state index contributed by atoms with van der Waals surface area (Å²) in [5.74, 6) is -0.119. The van der Waals surface area contributed by atoms with Crippen molar-refractivity contribution in [2.24, 2.45) is 0 Å². The lowest BCUT2D eigenvalue weighted by atomic mass is 10.0. The van der Waals surface area contributed by atoms with E-state index in [-0.39, 0.29) is 16.7 Å². The summed E-state index contributed by atoms with van der Waals surface area (Å²) in [5, 5.41) is 3.52. The minimum atomic E-state index is -1.19. The smallest absolute Gasteiger partial charge is 0.308 e. The SMILES string of the molecule is Cc1ccccc1CN1C(=O)[C@]2(SC(C)(C)CN2C(=O)Nc2ccccc2)c2cc(Cl)ccc21. The van der Waals surface area contributed by atoms with E-state index < -0.39 is 4.87 Å².